The third-order valence-corrected chi connectivity index (χ3v) is 8.62. The largest absolute Gasteiger partial charge is 0.379 e. The second kappa shape index (κ2) is 12.8. The van der Waals surface area contributed by atoms with Gasteiger partial charge in [-0.2, -0.15) is 4.98 Å². The van der Waals surface area contributed by atoms with Crippen molar-refractivity contribution in [2.45, 2.75) is 51.1 Å². The number of rotatable bonds is 10. The molecule has 2 aromatic carbocycles. The van der Waals surface area contributed by atoms with E-state index in [0.717, 1.165) is 55.5 Å². The van der Waals surface area contributed by atoms with Crippen LogP contribution in [0.15, 0.2) is 53.5 Å². The first-order valence-corrected chi connectivity index (χ1v) is 15.2. The van der Waals surface area contributed by atoms with Gasteiger partial charge in [-0.25, -0.2) is 9.18 Å². The normalized spacial score (nSPS) is 17.8. The molecule has 0 bridgehead atoms. The number of nitrogens with one attached hydrogen (secondary N) is 3. The highest BCUT2D eigenvalue weighted by atomic mass is 35.5. The number of nitrogens with zero attached hydrogens (tertiary/aromatic N) is 2. The molecule has 216 valence electrons. The molecule has 1 fully saturated rings. The third-order valence-electron chi connectivity index (χ3n) is 7.59. The molecule has 0 amide bonds. The van der Waals surface area contributed by atoms with Crippen molar-refractivity contribution in [1.82, 2.24) is 19.9 Å². The zero-order valence-corrected chi connectivity index (χ0v) is 24.5. The first-order chi connectivity index (χ1) is 19.7. The number of hydrogen-bond acceptors (Lipinski definition) is 6. The molecule has 11 heteroatoms. The Labute approximate surface area is 247 Å². The molecule has 8 nitrogen and oxygen atoms in total. The van der Waals surface area contributed by atoms with Crippen molar-refractivity contribution < 1.29 is 4.39 Å². The number of hydrogen-bond donors (Lipinski definition) is 5. The summed E-state index contributed by atoms with van der Waals surface area (Å²) >= 11 is 7.63. The molecule has 41 heavy (non-hydrogen) atoms. The number of amidine groups is 1. The van der Waals surface area contributed by atoms with Crippen LogP contribution in [0.25, 0.3) is 28.0 Å². The van der Waals surface area contributed by atoms with Crippen molar-refractivity contribution in [1.29, 1.82) is 5.41 Å². The van der Waals surface area contributed by atoms with Gasteiger partial charge in [0.2, 0.25) is 0 Å². The number of fused-ring (bicyclic) bond motifs is 1. The van der Waals surface area contributed by atoms with E-state index in [4.69, 9.17) is 28.5 Å². The summed E-state index contributed by atoms with van der Waals surface area (Å²) in [5.41, 5.74) is 14.9. The minimum atomic E-state index is -0.514. The molecule has 5 rings (SSSR count). The van der Waals surface area contributed by atoms with Crippen LogP contribution in [0, 0.1) is 17.1 Å². The van der Waals surface area contributed by atoms with Gasteiger partial charge in [0.05, 0.1) is 16.4 Å². The Bertz CT molecular complexity index is 1600. The summed E-state index contributed by atoms with van der Waals surface area (Å²) in [4.78, 5) is 20.3. The van der Waals surface area contributed by atoms with E-state index in [9.17, 15) is 4.79 Å². The Hall–Kier alpha value is -3.18. The van der Waals surface area contributed by atoms with Crippen molar-refractivity contribution >= 4 is 39.6 Å². The van der Waals surface area contributed by atoms with Gasteiger partial charge < -0.3 is 21.8 Å². The fraction of sp³-hybridized carbons (Fsp3) is 0.367. The van der Waals surface area contributed by atoms with Gasteiger partial charge in [-0.3, -0.25) is 9.98 Å². The van der Waals surface area contributed by atoms with E-state index in [-0.39, 0.29) is 22.3 Å². The quantitative estimate of drug-likeness (QED) is 0.121. The van der Waals surface area contributed by atoms with Crippen molar-refractivity contribution in [3.8, 4) is 16.9 Å². The molecular formula is C30H35ClFN7OS. The van der Waals surface area contributed by atoms with Crippen molar-refractivity contribution in [3.05, 3.63) is 81.1 Å². The average molecular weight is 596 g/mol. The molecule has 1 aliphatic heterocycles. The SMILES string of the molecule is C[C@H](N)CCCc1cc(Cl)c(F)c(-c2cc3cn(-c4ccc([C@@H]5C[C@@H](CCSC(=N)N)CN5)cc4)c(=O)nc3[nH]2)c1. The molecular weight excluding hydrogens is 561 g/mol. The summed E-state index contributed by atoms with van der Waals surface area (Å²) in [5, 5.41) is 11.8. The molecule has 4 aromatic rings. The second-order valence-corrected chi connectivity index (χ2v) is 12.4. The lowest BCUT2D eigenvalue weighted by Gasteiger charge is -2.13. The Morgan fingerprint density at radius 3 is 2.80 bits per heavy atom. The maximum absolute atomic E-state index is 15.1. The summed E-state index contributed by atoms with van der Waals surface area (Å²) in [6.07, 6.45) is 6.24. The lowest BCUT2D eigenvalue weighted by atomic mass is 9.98. The fourth-order valence-corrected chi connectivity index (χ4v) is 6.34. The Morgan fingerprint density at radius 2 is 2.07 bits per heavy atom. The monoisotopic (exact) mass is 595 g/mol. The molecule has 1 aliphatic rings. The van der Waals surface area contributed by atoms with Crippen LogP contribution < -0.4 is 22.5 Å². The minimum Gasteiger partial charge on any atom is -0.379 e. The van der Waals surface area contributed by atoms with Gasteiger partial charge in [-0.15, -0.1) is 0 Å². The number of benzene rings is 2. The van der Waals surface area contributed by atoms with Crippen LogP contribution in [0.2, 0.25) is 5.02 Å². The number of aromatic nitrogens is 3. The molecule has 3 atom stereocenters. The van der Waals surface area contributed by atoms with Gasteiger partial charge in [-0.1, -0.05) is 35.5 Å². The standard InChI is InChI=1S/C30H35ClFN7OS/c1-17(33)3-2-4-18-11-23(27(32)24(31)12-18)26-14-21-16-39(30(40)38-28(21)37-26)22-7-5-20(6-8-22)25-13-19(15-36-25)9-10-41-29(34)35/h5-8,11-12,14,16-17,19,25,36H,2-4,9-10,13,15,33H2,1H3,(H3,34,35)(H,37,38,40)/t17-,19+,25-/m0/s1. The van der Waals surface area contributed by atoms with Crippen molar-refractivity contribution in [2.24, 2.45) is 17.4 Å². The second-order valence-electron chi connectivity index (χ2n) is 10.8. The predicted molar refractivity (Wildman–Crippen MR) is 167 cm³/mol. The van der Waals surface area contributed by atoms with Gasteiger partial charge in [0, 0.05) is 35.0 Å². The van der Waals surface area contributed by atoms with Crippen LogP contribution in [-0.2, 0) is 6.42 Å². The molecule has 0 radical (unpaired) electrons. The Balaban J connectivity index is 1.34. The van der Waals surface area contributed by atoms with Gasteiger partial charge in [0.15, 0.2) is 11.0 Å². The maximum atomic E-state index is 15.1. The first-order valence-electron chi connectivity index (χ1n) is 13.8. The zero-order chi connectivity index (χ0) is 29.1. The Morgan fingerprint density at radius 1 is 1.29 bits per heavy atom. The van der Waals surface area contributed by atoms with E-state index in [1.807, 2.05) is 31.2 Å². The van der Waals surface area contributed by atoms with Crippen LogP contribution >= 0.6 is 23.4 Å². The fourth-order valence-electron chi connectivity index (χ4n) is 5.42. The minimum absolute atomic E-state index is 0.0580. The molecule has 0 unspecified atom stereocenters. The van der Waals surface area contributed by atoms with Crippen molar-refractivity contribution in [3.63, 3.8) is 0 Å². The average Bonchev–Trinajstić information content (AvgIpc) is 3.57. The molecule has 1 saturated heterocycles. The lowest BCUT2D eigenvalue weighted by molar-refractivity contribution is 0.550. The molecule has 0 spiro atoms. The smallest absolute Gasteiger partial charge is 0.354 e. The van der Waals surface area contributed by atoms with Crippen LogP contribution in [0.1, 0.15) is 49.8 Å². The number of aromatic amines is 1. The third kappa shape index (κ3) is 7.01. The molecule has 7 N–H and O–H groups in total. The van der Waals surface area contributed by atoms with Gasteiger partial charge in [-0.05, 0) is 92.9 Å². The number of aryl methyl sites for hydroxylation is 1. The summed E-state index contributed by atoms with van der Waals surface area (Å²) in [6, 6.07) is 13.5. The molecule has 0 saturated carbocycles. The molecule has 0 aliphatic carbocycles. The zero-order valence-electron chi connectivity index (χ0n) is 22.9. The molecule has 2 aromatic heterocycles. The predicted octanol–water partition coefficient (Wildman–Crippen LogP) is 5.51. The van der Waals surface area contributed by atoms with E-state index in [2.05, 4.69) is 15.3 Å². The highest BCUT2D eigenvalue weighted by molar-refractivity contribution is 8.13. The topological polar surface area (TPSA) is 139 Å². The first kappa shape index (κ1) is 29.3. The van der Waals surface area contributed by atoms with E-state index >= 15 is 4.39 Å². The summed E-state index contributed by atoms with van der Waals surface area (Å²) in [6.45, 7) is 2.90. The number of thioether (sulfide) groups is 1. The van der Waals surface area contributed by atoms with E-state index in [1.165, 1.54) is 16.3 Å². The van der Waals surface area contributed by atoms with Gasteiger partial charge in [0.1, 0.15) is 5.65 Å². The maximum Gasteiger partial charge on any atom is 0.354 e. The number of nitrogens with two attached hydrogens (primary N) is 2. The van der Waals surface area contributed by atoms with E-state index < -0.39 is 11.5 Å². The summed E-state index contributed by atoms with van der Waals surface area (Å²) in [5.74, 6) is 0.880. The highest BCUT2D eigenvalue weighted by Crippen LogP contribution is 2.32. The van der Waals surface area contributed by atoms with Gasteiger partial charge >= 0.3 is 5.69 Å². The van der Waals surface area contributed by atoms with Crippen molar-refractivity contribution in [2.75, 3.05) is 12.3 Å². The van der Waals surface area contributed by atoms with Crippen LogP contribution in [-0.4, -0.2) is 38.0 Å². The molecule has 3 heterocycles. The Kier molecular flexibility index (Phi) is 9.13. The number of H-pyrrole nitrogens is 1. The van der Waals surface area contributed by atoms with E-state index in [1.54, 1.807) is 24.4 Å². The van der Waals surface area contributed by atoms with Crippen LogP contribution in [0.3, 0.4) is 0 Å². The lowest BCUT2D eigenvalue weighted by Crippen LogP contribution is -2.20. The highest BCUT2D eigenvalue weighted by Gasteiger charge is 2.25. The summed E-state index contributed by atoms with van der Waals surface area (Å²) in [7, 11) is 0. The van der Waals surface area contributed by atoms with Crippen LogP contribution in [0.5, 0.6) is 0 Å². The summed E-state index contributed by atoms with van der Waals surface area (Å²) < 4.78 is 16.6. The number of halogens is 2. The van der Waals surface area contributed by atoms with Gasteiger partial charge in [0.25, 0.3) is 0 Å². The van der Waals surface area contributed by atoms with E-state index in [0.29, 0.717) is 33.9 Å². The van der Waals surface area contributed by atoms with Crippen LogP contribution in [0.4, 0.5) is 4.39 Å².